The lowest BCUT2D eigenvalue weighted by molar-refractivity contribution is 0.294. The molecule has 1 N–H and O–H groups in total. The maximum Gasteiger partial charge on any atom is 0.0708 e. The van der Waals surface area contributed by atoms with Gasteiger partial charge in [-0.15, -0.1) is 0 Å². The topological polar surface area (TPSA) is 28.2 Å². The van der Waals surface area contributed by atoms with E-state index >= 15 is 0 Å². The highest BCUT2D eigenvalue weighted by Crippen LogP contribution is 2.20. The predicted molar refractivity (Wildman–Crippen MR) is 83.8 cm³/mol. The molecule has 3 rings (SSSR count). The summed E-state index contributed by atoms with van der Waals surface area (Å²) in [6, 6.07) is 11.3. The number of pyridine rings is 1. The van der Waals surface area contributed by atoms with Gasteiger partial charge in [0.1, 0.15) is 0 Å². The Morgan fingerprint density at radius 2 is 2.20 bits per heavy atom. The van der Waals surface area contributed by atoms with E-state index < -0.39 is 0 Å². The zero-order valence-electron chi connectivity index (χ0n) is 12.4. The second-order valence-electron chi connectivity index (χ2n) is 5.93. The van der Waals surface area contributed by atoms with E-state index in [1.807, 2.05) is 0 Å². The van der Waals surface area contributed by atoms with Crippen LogP contribution in [0.4, 0.5) is 0 Å². The lowest BCUT2D eigenvalue weighted by atomic mass is 10.1. The van der Waals surface area contributed by atoms with Crippen molar-refractivity contribution in [1.29, 1.82) is 0 Å². The summed E-state index contributed by atoms with van der Waals surface area (Å²) in [5.74, 6) is 0. The fourth-order valence-electron chi connectivity index (χ4n) is 3.17. The first-order valence-corrected chi connectivity index (χ1v) is 7.49. The van der Waals surface area contributed by atoms with Crippen molar-refractivity contribution in [2.75, 3.05) is 20.1 Å². The zero-order valence-corrected chi connectivity index (χ0v) is 12.4. The Kier molecular flexibility index (Phi) is 3.99. The van der Waals surface area contributed by atoms with E-state index in [2.05, 4.69) is 59.5 Å². The third-order valence-corrected chi connectivity index (χ3v) is 4.06. The molecular weight excluding hydrogens is 246 g/mol. The van der Waals surface area contributed by atoms with E-state index in [9.17, 15) is 0 Å². The molecule has 1 aromatic heterocycles. The quantitative estimate of drug-likeness (QED) is 0.925. The highest BCUT2D eigenvalue weighted by Gasteiger charge is 2.16. The number of rotatable bonds is 4. The highest BCUT2D eigenvalue weighted by atomic mass is 15.1. The Hall–Kier alpha value is -1.45. The summed E-state index contributed by atoms with van der Waals surface area (Å²) in [6.45, 7) is 5.36. The Morgan fingerprint density at radius 3 is 3.00 bits per heavy atom. The molecule has 1 saturated heterocycles. The van der Waals surface area contributed by atoms with Gasteiger partial charge in [-0.25, -0.2) is 0 Å². The third kappa shape index (κ3) is 3.00. The number of aryl methyl sites for hydroxylation is 1. The van der Waals surface area contributed by atoms with Gasteiger partial charge in [-0.2, -0.15) is 0 Å². The summed E-state index contributed by atoms with van der Waals surface area (Å²) < 4.78 is 0. The molecule has 0 saturated carbocycles. The molecule has 2 aromatic rings. The average molecular weight is 269 g/mol. The van der Waals surface area contributed by atoms with Crippen LogP contribution in [0.3, 0.4) is 0 Å². The van der Waals surface area contributed by atoms with Crippen molar-refractivity contribution >= 4 is 10.9 Å². The molecule has 1 unspecified atom stereocenters. The van der Waals surface area contributed by atoms with Gasteiger partial charge in [0, 0.05) is 30.2 Å². The van der Waals surface area contributed by atoms with E-state index in [-0.39, 0.29) is 0 Å². The van der Waals surface area contributed by atoms with Crippen LogP contribution >= 0.6 is 0 Å². The Morgan fingerprint density at radius 1 is 1.35 bits per heavy atom. The molecule has 1 atom stereocenters. The standard InChI is InChI=1S/C17H23N3/c1-13-10-14(16-7-3-4-8-17(16)19-13)11-20(2)12-15-6-5-9-18-15/h3-4,7-8,10,15,18H,5-6,9,11-12H2,1-2H3. The number of fused-ring (bicyclic) bond motifs is 1. The average Bonchev–Trinajstić information content (AvgIpc) is 2.91. The normalized spacial score (nSPS) is 19.1. The first-order valence-electron chi connectivity index (χ1n) is 7.49. The summed E-state index contributed by atoms with van der Waals surface area (Å²) in [5, 5.41) is 4.85. The van der Waals surface area contributed by atoms with Gasteiger partial charge in [0.25, 0.3) is 0 Å². The summed E-state index contributed by atoms with van der Waals surface area (Å²) in [6.07, 6.45) is 2.62. The first kappa shape index (κ1) is 13.5. The van der Waals surface area contributed by atoms with E-state index in [4.69, 9.17) is 0 Å². The number of para-hydroxylation sites is 1. The second-order valence-corrected chi connectivity index (χ2v) is 5.93. The second kappa shape index (κ2) is 5.90. The van der Waals surface area contributed by atoms with Gasteiger partial charge in [-0.1, -0.05) is 18.2 Å². The van der Waals surface area contributed by atoms with E-state index in [1.165, 1.54) is 30.3 Å². The van der Waals surface area contributed by atoms with Gasteiger partial charge in [0.15, 0.2) is 0 Å². The maximum atomic E-state index is 4.62. The van der Waals surface area contributed by atoms with Crippen molar-refractivity contribution < 1.29 is 0 Å². The van der Waals surface area contributed by atoms with Gasteiger partial charge in [-0.05, 0) is 51.1 Å². The Labute approximate surface area is 121 Å². The molecule has 1 aliphatic rings. The number of hydrogen-bond donors (Lipinski definition) is 1. The van der Waals surface area contributed by atoms with Crippen molar-refractivity contribution in [1.82, 2.24) is 15.2 Å². The largest absolute Gasteiger partial charge is 0.313 e. The number of likely N-dealkylation sites (N-methyl/N-ethyl adjacent to an activating group) is 1. The highest BCUT2D eigenvalue weighted by molar-refractivity contribution is 5.82. The minimum absolute atomic E-state index is 0.661. The van der Waals surface area contributed by atoms with Gasteiger partial charge in [0.2, 0.25) is 0 Å². The van der Waals surface area contributed by atoms with Gasteiger partial charge < -0.3 is 10.2 Å². The van der Waals surface area contributed by atoms with Crippen LogP contribution in [0.15, 0.2) is 30.3 Å². The van der Waals surface area contributed by atoms with Crippen LogP contribution < -0.4 is 5.32 Å². The van der Waals surface area contributed by atoms with E-state index in [1.54, 1.807) is 0 Å². The van der Waals surface area contributed by atoms with Crippen LogP contribution in [-0.2, 0) is 6.54 Å². The van der Waals surface area contributed by atoms with Crippen molar-refractivity contribution in [3.05, 3.63) is 41.6 Å². The number of nitrogens with one attached hydrogen (secondary N) is 1. The molecule has 3 heteroatoms. The number of benzene rings is 1. The maximum absolute atomic E-state index is 4.62. The molecule has 1 fully saturated rings. The SMILES string of the molecule is Cc1cc(CN(C)CC2CCCN2)c2ccccc2n1. The van der Waals surface area contributed by atoms with E-state index in [0.29, 0.717) is 6.04 Å². The van der Waals surface area contributed by atoms with Crippen molar-refractivity contribution in [2.24, 2.45) is 0 Å². The lowest BCUT2D eigenvalue weighted by Gasteiger charge is -2.22. The van der Waals surface area contributed by atoms with Crippen LogP contribution in [0.5, 0.6) is 0 Å². The summed E-state index contributed by atoms with van der Waals surface area (Å²) in [5.41, 5.74) is 3.59. The molecule has 0 amide bonds. The molecule has 106 valence electrons. The van der Waals surface area contributed by atoms with Gasteiger partial charge in [0.05, 0.1) is 5.52 Å². The summed E-state index contributed by atoms with van der Waals surface area (Å²) in [4.78, 5) is 7.04. The minimum Gasteiger partial charge on any atom is -0.313 e. The molecule has 20 heavy (non-hydrogen) atoms. The van der Waals surface area contributed by atoms with Crippen LogP contribution in [0.1, 0.15) is 24.1 Å². The number of hydrogen-bond acceptors (Lipinski definition) is 3. The van der Waals surface area contributed by atoms with Crippen LogP contribution in [0, 0.1) is 6.92 Å². The Bertz CT molecular complexity index is 588. The number of aromatic nitrogens is 1. The zero-order chi connectivity index (χ0) is 13.9. The van der Waals surface area contributed by atoms with E-state index in [0.717, 1.165) is 24.3 Å². The molecule has 1 aromatic carbocycles. The smallest absolute Gasteiger partial charge is 0.0708 e. The molecule has 0 radical (unpaired) electrons. The van der Waals surface area contributed by atoms with Crippen LogP contribution in [-0.4, -0.2) is 36.1 Å². The third-order valence-electron chi connectivity index (χ3n) is 4.06. The molecule has 0 aliphatic carbocycles. The van der Waals surface area contributed by atoms with Crippen LogP contribution in [0.25, 0.3) is 10.9 Å². The minimum atomic E-state index is 0.661. The monoisotopic (exact) mass is 269 g/mol. The predicted octanol–water partition coefficient (Wildman–Crippen LogP) is 2.73. The van der Waals surface area contributed by atoms with Crippen molar-refractivity contribution in [3.63, 3.8) is 0 Å². The lowest BCUT2D eigenvalue weighted by Crippen LogP contribution is -2.35. The molecule has 3 nitrogen and oxygen atoms in total. The fourth-order valence-corrected chi connectivity index (χ4v) is 3.17. The fraction of sp³-hybridized carbons (Fsp3) is 0.471. The van der Waals surface area contributed by atoms with Gasteiger partial charge >= 0.3 is 0 Å². The van der Waals surface area contributed by atoms with Crippen molar-refractivity contribution in [2.45, 2.75) is 32.4 Å². The molecule has 2 heterocycles. The molecular formula is C17H23N3. The molecule has 0 bridgehead atoms. The first-order chi connectivity index (χ1) is 9.72. The summed E-state index contributed by atoms with van der Waals surface area (Å²) in [7, 11) is 2.21. The number of nitrogens with zero attached hydrogens (tertiary/aromatic N) is 2. The molecule has 0 spiro atoms. The van der Waals surface area contributed by atoms with Crippen LogP contribution in [0.2, 0.25) is 0 Å². The summed E-state index contributed by atoms with van der Waals surface area (Å²) >= 11 is 0. The Balaban J connectivity index is 1.79. The molecule has 1 aliphatic heterocycles. The van der Waals surface area contributed by atoms with Gasteiger partial charge in [-0.3, -0.25) is 4.98 Å². The van der Waals surface area contributed by atoms with Crippen molar-refractivity contribution in [3.8, 4) is 0 Å².